The second kappa shape index (κ2) is 6.55. The highest BCUT2D eigenvalue weighted by Gasteiger charge is 2.40. The maximum atomic E-state index is 6.28. The van der Waals surface area contributed by atoms with Crippen molar-refractivity contribution in [3.05, 3.63) is 41.0 Å². The Morgan fingerprint density at radius 2 is 2.26 bits per heavy atom. The van der Waals surface area contributed by atoms with E-state index in [1.807, 2.05) is 17.5 Å². The summed E-state index contributed by atoms with van der Waals surface area (Å²) in [6.07, 6.45) is 7.61. The SMILES string of the molecule is c1csc(CN2CCOC3(CCCN(c4cnccn4)C3)C2)c1. The lowest BCUT2D eigenvalue weighted by molar-refractivity contribution is -0.116. The van der Waals surface area contributed by atoms with Gasteiger partial charge in [0.25, 0.3) is 0 Å². The molecule has 2 aromatic heterocycles. The molecule has 1 unspecified atom stereocenters. The van der Waals surface area contributed by atoms with E-state index in [9.17, 15) is 0 Å². The first-order valence-corrected chi connectivity index (χ1v) is 9.11. The maximum absolute atomic E-state index is 6.28. The van der Waals surface area contributed by atoms with Crippen LogP contribution >= 0.6 is 11.3 Å². The summed E-state index contributed by atoms with van der Waals surface area (Å²) in [7, 11) is 0. The molecule has 4 rings (SSSR count). The van der Waals surface area contributed by atoms with E-state index in [0.29, 0.717) is 0 Å². The van der Waals surface area contributed by atoms with Crippen LogP contribution in [0.25, 0.3) is 0 Å². The van der Waals surface area contributed by atoms with Crippen molar-refractivity contribution in [2.24, 2.45) is 0 Å². The molecule has 0 radical (unpaired) electrons. The highest BCUT2D eigenvalue weighted by Crippen LogP contribution is 2.31. The van der Waals surface area contributed by atoms with Gasteiger partial charge in [-0.3, -0.25) is 9.88 Å². The fourth-order valence-electron chi connectivity index (χ4n) is 3.68. The smallest absolute Gasteiger partial charge is 0.147 e. The Morgan fingerprint density at radius 1 is 1.26 bits per heavy atom. The van der Waals surface area contributed by atoms with Crippen LogP contribution in [0.4, 0.5) is 5.82 Å². The van der Waals surface area contributed by atoms with E-state index in [1.54, 1.807) is 12.4 Å². The lowest BCUT2D eigenvalue weighted by Crippen LogP contribution is -2.59. The van der Waals surface area contributed by atoms with E-state index in [4.69, 9.17) is 4.74 Å². The zero-order chi connectivity index (χ0) is 15.5. The zero-order valence-electron chi connectivity index (χ0n) is 13.2. The normalized spacial score (nSPS) is 25.8. The molecule has 0 aromatic carbocycles. The van der Waals surface area contributed by atoms with Crippen molar-refractivity contribution in [3.8, 4) is 0 Å². The molecule has 2 aliphatic heterocycles. The molecule has 2 aliphatic rings. The number of hydrogen-bond acceptors (Lipinski definition) is 6. The molecule has 2 aromatic rings. The summed E-state index contributed by atoms with van der Waals surface area (Å²) < 4.78 is 6.28. The molecule has 4 heterocycles. The Hall–Kier alpha value is -1.50. The first-order valence-electron chi connectivity index (χ1n) is 8.23. The van der Waals surface area contributed by atoms with Crippen molar-refractivity contribution < 1.29 is 4.74 Å². The summed E-state index contributed by atoms with van der Waals surface area (Å²) in [5, 5.41) is 2.15. The first kappa shape index (κ1) is 15.1. The molecule has 2 saturated heterocycles. The highest BCUT2D eigenvalue weighted by atomic mass is 32.1. The molecule has 5 nitrogen and oxygen atoms in total. The Labute approximate surface area is 140 Å². The van der Waals surface area contributed by atoms with Crippen LogP contribution in [-0.2, 0) is 11.3 Å². The zero-order valence-corrected chi connectivity index (χ0v) is 14.0. The van der Waals surface area contributed by atoms with Crippen molar-refractivity contribution in [1.29, 1.82) is 0 Å². The molecule has 6 heteroatoms. The Morgan fingerprint density at radius 3 is 3.09 bits per heavy atom. The predicted octanol–water partition coefficient (Wildman–Crippen LogP) is 2.41. The van der Waals surface area contributed by atoms with E-state index in [-0.39, 0.29) is 5.60 Å². The minimum absolute atomic E-state index is 0.0642. The number of aromatic nitrogens is 2. The van der Waals surface area contributed by atoms with E-state index >= 15 is 0 Å². The van der Waals surface area contributed by atoms with Crippen molar-refractivity contribution >= 4 is 17.2 Å². The van der Waals surface area contributed by atoms with Gasteiger partial charge in [0, 0.05) is 50.0 Å². The largest absolute Gasteiger partial charge is 0.370 e. The molecule has 0 aliphatic carbocycles. The fraction of sp³-hybridized carbons (Fsp3) is 0.529. The van der Waals surface area contributed by atoms with Gasteiger partial charge >= 0.3 is 0 Å². The summed E-state index contributed by atoms with van der Waals surface area (Å²) in [5.74, 6) is 0.963. The van der Waals surface area contributed by atoms with Crippen LogP contribution in [0.2, 0.25) is 0 Å². The molecule has 0 N–H and O–H groups in total. The Kier molecular flexibility index (Phi) is 4.29. The number of thiophene rings is 1. The first-order chi connectivity index (χ1) is 11.3. The minimum Gasteiger partial charge on any atom is -0.370 e. The number of rotatable bonds is 3. The van der Waals surface area contributed by atoms with Gasteiger partial charge in [0.1, 0.15) is 5.82 Å². The van der Waals surface area contributed by atoms with Crippen LogP contribution in [0.5, 0.6) is 0 Å². The minimum atomic E-state index is -0.0642. The maximum Gasteiger partial charge on any atom is 0.147 e. The van der Waals surface area contributed by atoms with Gasteiger partial charge in [0.15, 0.2) is 0 Å². The van der Waals surface area contributed by atoms with Crippen LogP contribution in [0.15, 0.2) is 36.1 Å². The molecule has 0 amide bonds. The third-order valence-electron chi connectivity index (χ3n) is 4.70. The van der Waals surface area contributed by atoms with Gasteiger partial charge < -0.3 is 9.64 Å². The van der Waals surface area contributed by atoms with Gasteiger partial charge in [0.2, 0.25) is 0 Å². The van der Waals surface area contributed by atoms with E-state index in [0.717, 1.165) is 58.0 Å². The topological polar surface area (TPSA) is 41.5 Å². The highest BCUT2D eigenvalue weighted by molar-refractivity contribution is 7.09. The number of anilines is 1. The van der Waals surface area contributed by atoms with Crippen LogP contribution in [-0.4, -0.2) is 53.3 Å². The average Bonchev–Trinajstić information content (AvgIpc) is 3.09. The summed E-state index contributed by atoms with van der Waals surface area (Å²) >= 11 is 1.84. The molecule has 0 bridgehead atoms. The molecule has 23 heavy (non-hydrogen) atoms. The molecule has 2 fully saturated rings. The van der Waals surface area contributed by atoms with Gasteiger partial charge in [0.05, 0.1) is 18.4 Å². The van der Waals surface area contributed by atoms with Crippen LogP contribution in [0.1, 0.15) is 17.7 Å². The predicted molar refractivity (Wildman–Crippen MR) is 91.8 cm³/mol. The summed E-state index contributed by atoms with van der Waals surface area (Å²) in [6, 6.07) is 4.35. The van der Waals surface area contributed by atoms with Crippen LogP contribution in [0, 0.1) is 0 Å². The average molecular weight is 330 g/mol. The number of ether oxygens (including phenoxy) is 1. The van der Waals surface area contributed by atoms with Crippen LogP contribution in [0.3, 0.4) is 0 Å². The van der Waals surface area contributed by atoms with Crippen molar-refractivity contribution in [2.45, 2.75) is 25.0 Å². The Balaban J connectivity index is 1.46. The van der Waals surface area contributed by atoms with E-state index in [2.05, 4.69) is 37.3 Å². The molecular weight excluding hydrogens is 308 g/mol. The molecule has 122 valence electrons. The number of morpholine rings is 1. The number of piperidine rings is 1. The second-order valence-electron chi connectivity index (χ2n) is 6.41. The lowest BCUT2D eigenvalue weighted by atomic mass is 9.90. The number of nitrogens with zero attached hydrogens (tertiary/aromatic N) is 4. The number of hydrogen-bond donors (Lipinski definition) is 0. The third kappa shape index (κ3) is 3.39. The van der Waals surface area contributed by atoms with Crippen molar-refractivity contribution in [3.63, 3.8) is 0 Å². The lowest BCUT2D eigenvalue weighted by Gasteiger charge is -2.48. The van der Waals surface area contributed by atoms with Crippen molar-refractivity contribution in [1.82, 2.24) is 14.9 Å². The third-order valence-corrected chi connectivity index (χ3v) is 5.56. The summed E-state index contributed by atoms with van der Waals surface area (Å²) in [5.41, 5.74) is -0.0642. The van der Waals surface area contributed by atoms with Gasteiger partial charge in [-0.1, -0.05) is 6.07 Å². The summed E-state index contributed by atoms with van der Waals surface area (Å²) in [6.45, 7) is 5.82. The molecule has 0 saturated carbocycles. The molecule has 1 atom stereocenters. The van der Waals surface area contributed by atoms with Gasteiger partial charge in [-0.05, 0) is 24.3 Å². The van der Waals surface area contributed by atoms with Crippen molar-refractivity contribution in [2.75, 3.05) is 37.7 Å². The monoisotopic (exact) mass is 330 g/mol. The van der Waals surface area contributed by atoms with E-state index in [1.165, 1.54) is 4.88 Å². The Bertz CT molecular complexity index is 617. The van der Waals surface area contributed by atoms with Crippen LogP contribution < -0.4 is 4.90 Å². The second-order valence-corrected chi connectivity index (χ2v) is 7.44. The van der Waals surface area contributed by atoms with E-state index < -0.39 is 0 Å². The molecular formula is C17H22N4OS. The van der Waals surface area contributed by atoms with Gasteiger partial charge in [-0.2, -0.15) is 0 Å². The summed E-state index contributed by atoms with van der Waals surface area (Å²) in [4.78, 5) is 15.0. The van der Waals surface area contributed by atoms with Gasteiger partial charge in [-0.25, -0.2) is 4.98 Å². The molecule has 1 spiro atoms. The fourth-order valence-corrected chi connectivity index (χ4v) is 4.42. The quantitative estimate of drug-likeness (QED) is 0.864. The standard InChI is InChI=1S/C17H22N4OS/c1-3-15(23-10-1)12-20-8-9-22-17(13-20)4-2-7-21(14-17)16-11-18-5-6-19-16/h1,3,5-6,10-11H,2,4,7-9,12-14H2. The van der Waals surface area contributed by atoms with Gasteiger partial charge in [-0.15, -0.1) is 11.3 Å².